The number of carbonyl (C=O) groups excluding carboxylic acids is 2. The molecule has 41 heavy (non-hydrogen) atoms. The molecule has 0 saturated carbocycles. The van der Waals surface area contributed by atoms with Gasteiger partial charge in [0.25, 0.3) is 11.8 Å². The van der Waals surface area contributed by atoms with E-state index >= 15 is 0 Å². The fourth-order valence-corrected chi connectivity index (χ4v) is 4.38. The Kier molecular flexibility index (Phi) is 9.50. The van der Waals surface area contributed by atoms with Gasteiger partial charge in [-0.15, -0.1) is 0 Å². The van der Waals surface area contributed by atoms with E-state index in [1.54, 1.807) is 23.1 Å². The van der Waals surface area contributed by atoms with E-state index in [9.17, 15) is 22.8 Å². The highest BCUT2D eigenvalue weighted by Gasteiger charge is 2.32. The second-order valence-corrected chi connectivity index (χ2v) is 9.47. The summed E-state index contributed by atoms with van der Waals surface area (Å²) in [4.78, 5) is 33.1. The quantitative estimate of drug-likeness (QED) is 0.409. The van der Waals surface area contributed by atoms with Crippen molar-refractivity contribution in [2.75, 3.05) is 44.2 Å². The van der Waals surface area contributed by atoms with Gasteiger partial charge in [0.2, 0.25) is 0 Å². The Morgan fingerprint density at radius 3 is 2.29 bits per heavy atom. The summed E-state index contributed by atoms with van der Waals surface area (Å²) in [7, 11) is 0. The van der Waals surface area contributed by atoms with Gasteiger partial charge in [-0.1, -0.05) is 18.8 Å². The van der Waals surface area contributed by atoms with Gasteiger partial charge in [0, 0.05) is 66.9 Å². The lowest BCUT2D eigenvalue weighted by Crippen LogP contribution is -2.48. The van der Waals surface area contributed by atoms with Crippen molar-refractivity contribution < 1.29 is 27.5 Å². The van der Waals surface area contributed by atoms with Crippen LogP contribution in [0.5, 0.6) is 5.75 Å². The van der Waals surface area contributed by atoms with E-state index < -0.39 is 17.6 Å². The van der Waals surface area contributed by atoms with Crippen LogP contribution < -0.4 is 15.0 Å². The average molecular weight is 565 g/mol. The zero-order chi connectivity index (χ0) is 29.4. The minimum atomic E-state index is -4.64. The van der Waals surface area contributed by atoms with Crippen molar-refractivity contribution in [3.8, 4) is 17.6 Å². The first-order chi connectivity index (χ1) is 19.7. The number of rotatable bonds is 7. The second-order valence-electron chi connectivity index (χ2n) is 9.47. The van der Waals surface area contributed by atoms with Gasteiger partial charge in [0.15, 0.2) is 0 Å². The molecule has 214 valence electrons. The Bertz CT molecular complexity index is 1440. The van der Waals surface area contributed by atoms with Gasteiger partial charge in [-0.3, -0.25) is 14.6 Å². The molecule has 1 aliphatic rings. The number of aromatic nitrogens is 1. The van der Waals surface area contributed by atoms with Crippen LogP contribution in [-0.4, -0.2) is 61.0 Å². The lowest BCUT2D eigenvalue weighted by atomic mass is 10.0. The second kappa shape index (κ2) is 13.2. The van der Waals surface area contributed by atoms with Crippen molar-refractivity contribution in [1.82, 2.24) is 15.2 Å². The van der Waals surface area contributed by atoms with Gasteiger partial charge in [0.1, 0.15) is 5.75 Å². The third-order valence-corrected chi connectivity index (χ3v) is 6.48. The van der Waals surface area contributed by atoms with Crippen LogP contribution in [0.15, 0.2) is 60.9 Å². The van der Waals surface area contributed by atoms with Crippen molar-refractivity contribution >= 4 is 17.5 Å². The topological polar surface area (TPSA) is 74.8 Å². The number of nitrogens with one attached hydrogen (secondary N) is 1. The number of alkyl halides is 3. The van der Waals surface area contributed by atoms with Gasteiger partial charge in [-0.05, 0) is 61.9 Å². The first-order valence-corrected chi connectivity index (χ1v) is 13.4. The van der Waals surface area contributed by atoms with Crippen LogP contribution in [0, 0.1) is 11.8 Å². The average Bonchev–Trinajstić information content (AvgIpc) is 2.98. The minimum Gasteiger partial charge on any atom is -0.492 e. The largest absolute Gasteiger partial charge is 0.492 e. The summed E-state index contributed by atoms with van der Waals surface area (Å²) in [5.74, 6) is 5.44. The summed E-state index contributed by atoms with van der Waals surface area (Å²) in [6.45, 7) is 6.54. The van der Waals surface area contributed by atoms with E-state index in [0.717, 1.165) is 24.2 Å². The van der Waals surface area contributed by atoms with Gasteiger partial charge >= 0.3 is 6.18 Å². The van der Waals surface area contributed by atoms with E-state index in [1.165, 1.54) is 18.5 Å². The molecule has 7 nitrogen and oxygen atoms in total. The van der Waals surface area contributed by atoms with E-state index in [-0.39, 0.29) is 17.0 Å². The Morgan fingerprint density at radius 1 is 0.927 bits per heavy atom. The maximum Gasteiger partial charge on any atom is 0.416 e. The van der Waals surface area contributed by atoms with Crippen LogP contribution in [0.4, 0.5) is 18.9 Å². The molecule has 4 rings (SSSR count). The number of halogens is 3. The molecule has 10 heteroatoms. The minimum absolute atomic E-state index is 0.0683. The highest BCUT2D eigenvalue weighted by Crippen LogP contribution is 2.31. The number of nitrogens with zero attached hydrogens (tertiary/aromatic N) is 3. The molecule has 2 heterocycles. The highest BCUT2D eigenvalue weighted by molar-refractivity contribution is 5.95. The number of benzene rings is 2. The fraction of sp³-hybridized carbons (Fsp3) is 0.323. The first kappa shape index (κ1) is 29.5. The number of carbonyl (C=O) groups is 2. The summed E-state index contributed by atoms with van der Waals surface area (Å²) in [6.07, 6.45) is -0.772. The molecule has 0 bridgehead atoms. The van der Waals surface area contributed by atoms with Crippen LogP contribution >= 0.6 is 0 Å². The number of anilines is 1. The molecule has 2 aromatic carbocycles. The number of piperazine rings is 1. The predicted octanol–water partition coefficient (Wildman–Crippen LogP) is 5.00. The van der Waals surface area contributed by atoms with Crippen LogP contribution in [0.1, 0.15) is 57.7 Å². The SMILES string of the molecule is CCCNC(=O)c1ccc(N2CCN(C(=O)c3cc(C#Cc4cncc(OCC)c4)cc(C(F)(F)F)c3)CC2)cc1. The fourth-order valence-electron chi connectivity index (χ4n) is 4.38. The van der Waals surface area contributed by atoms with Crippen LogP contribution in [0.2, 0.25) is 0 Å². The van der Waals surface area contributed by atoms with Gasteiger partial charge < -0.3 is 19.9 Å². The van der Waals surface area contributed by atoms with Crippen LogP contribution in [0.3, 0.4) is 0 Å². The maximum atomic E-state index is 13.7. The molecule has 3 aromatic rings. The first-order valence-electron chi connectivity index (χ1n) is 13.4. The lowest BCUT2D eigenvalue weighted by Gasteiger charge is -2.36. The molecular weight excluding hydrogens is 533 g/mol. The summed E-state index contributed by atoms with van der Waals surface area (Å²) in [5, 5.41) is 2.84. The Hall–Kier alpha value is -4.52. The van der Waals surface area contributed by atoms with E-state index in [1.807, 2.05) is 26.0 Å². The maximum absolute atomic E-state index is 13.7. The molecular formula is C31H31F3N4O3. The summed E-state index contributed by atoms with van der Waals surface area (Å²) >= 11 is 0. The van der Waals surface area contributed by atoms with Crippen molar-refractivity contribution in [1.29, 1.82) is 0 Å². The zero-order valence-electron chi connectivity index (χ0n) is 22.9. The van der Waals surface area contributed by atoms with Gasteiger partial charge in [0.05, 0.1) is 18.4 Å². The highest BCUT2D eigenvalue weighted by atomic mass is 19.4. The monoisotopic (exact) mass is 564 g/mol. The van der Waals surface area contributed by atoms with Gasteiger partial charge in [-0.25, -0.2) is 0 Å². The third-order valence-electron chi connectivity index (χ3n) is 6.48. The molecule has 0 unspecified atom stereocenters. The molecule has 0 atom stereocenters. The number of ether oxygens (including phenoxy) is 1. The molecule has 0 aliphatic carbocycles. The van der Waals surface area contributed by atoms with Crippen molar-refractivity contribution in [2.24, 2.45) is 0 Å². The van der Waals surface area contributed by atoms with Crippen molar-refractivity contribution in [2.45, 2.75) is 26.4 Å². The Morgan fingerprint density at radius 2 is 1.63 bits per heavy atom. The van der Waals surface area contributed by atoms with Gasteiger partial charge in [-0.2, -0.15) is 13.2 Å². The molecule has 1 N–H and O–H groups in total. The lowest BCUT2D eigenvalue weighted by molar-refractivity contribution is -0.137. The number of hydrogen-bond acceptors (Lipinski definition) is 5. The van der Waals surface area contributed by atoms with Crippen LogP contribution in [-0.2, 0) is 6.18 Å². The van der Waals surface area contributed by atoms with E-state index in [4.69, 9.17) is 4.74 Å². The van der Waals surface area contributed by atoms with Crippen molar-refractivity contribution in [3.63, 3.8) is 0 Å². The number of pyridine rings is 1. The van der Waals surface area contributed by atoms with Crippen LogP contribution in [0.25, 0.3) is 0 Å². The molecule has 1 aliphatic heterocycles. The summed E-state index contributed by atoms with van der Waals surface area (Å²) < 4.78 is 46.5. The standard InChI is InChI=1S/C31H31F3N4O3/c1-3-11-36-29(39)24-7-9-27(10-8-24)37-12-14-38(15-13-37)30(40)25-16-22(17-26(19-25)31(32,33)34)5-6-23-18-28(41-4-2)21-35-20-23/h7-10,16-21H,3-4,11-15H2,1-2H3,(H,36,39). The zero-order valence-corrected chi connectivity index (χ0v) is 22.9. The summed E-state index contributed by atoms with van der Waals surface area (Å²) in [5.41, 5.74) is 1.02. The molecule has 0 radical (unpaired) electrons. The number of amides is 2. The number of hydrogen-bond donors (Lipinski definition) is 1. The smallest absolute Gasteiger partial charge is 0.416 e. The normalized spacial score (nSPS) is 13.3. The van der Waals surface area contributed by atoms with E-state index in [0.29, 0.717) is 56.2 Å². The molecule has 0 spiro atoms. The molecule has 1 fully saturated rings. The van der Waals surface area contributed by atoms with E-state index in [2.05, 4.69) is 27.0 Å². The Balaban J connectivity index is 1.47. The summed E-state index contributed by atoms with van der Waals surface area (Å²) in [6, 6.07) is 12.1. The third kappa shape index (κ3) is 7.78. The molecule has 1 saturated heterocycles. The molecule has 2 amide bonds. The Labute approximate surface area is 237 Å². The van der Waals surface area contributed by atoms with Crippen molar-refractivity contribution in [3.05, 3.63) is 88.7 Å². The molecule has 1 aromatic heterocycles. The predicted molar refractivity (Wildman–Crippen MR) is 150 cm³/mol.